The van der Waals surface area contributed by atoms with Gasteiger partial charge in [0, 0.05) is 58.9 Å². The average molecular weight is 840 g/mol. The van der Waals surface area contributed by atoms with E-state index in [1.165, 1.54) is 5.01 Å². The van der Waals surface area contributed by atoms with E-state index in [2.05, 4.69) is 31.5 Å². The highest BCUT2D eigenvalue weighted by atomic mass is 20.0. The van der Waals surface area contributed by atoms with E-state index in [4.69, 9.17) is 60.0 Å². The molecule has 0 aromatic carbocycles. The molecular weight excluding hydrogens is 771 g/mol. The second-order valence-electron chi connectivity index (χ2n) is 15.7. The number of hydrazine groups is 1. The smallest absolute Gasteiger partial charge is 0.429 e. The second kappa shape index (κ2) is 34.3. The van der Waals surface area contributed by atoms with E-state index in [9.17, 15) is 19.5 Å². The van der Waals surface area contributed by atoms with Crippen molar-refractivity contribution in [3.05, 3.63) is 0 Å². The summed E-state index contributed by atoms with van der Waals surface area (Å²) in [6.45, 7) is 23.8. The van der Waals surface area contributed by atoms with Crippen LogP contribution in [-0.4, -0.2) is 64.4 Å². The van der Waals surface area contributed by atoms with Gasteiger partial charge in [-0.05, 0) is 118 Å². The molecule has 0 saturated heterocycles. The third-order valence-corrected chi connectivity index (χ3v) is 7.93. The lowest BCUT2D eigenvalue weighted by Gasteiger charge is -2.51. The van der Waals surface area contributed by atoms with Crippen LogP contribution in [0.25, 0.3) is 0 Å². The summed E-state index contributed by atoms with van der Waals surface area (Å²) in [4.78, 5) is 36.2. The third-order valence-electron chi connectivity index (χ3n) is 7.93. The largest absolute Gasteiger partial charge is 0.444 e. The second-order valence-corrected chi connectivity index (χ2v) is 15.7. The van der Waals surface area contributed by atoms with Crippen LogP contribution in [0, 0.1) is 16.7 Å². The van der Waals surface area contributed by atoms with Crippen molar-refractivity contribution in [1.82, 2.24) is 15.8 Å². The van der Waals surface area contributed by atoms with Crippen molar-refractivity contribution in [2.45, 2.75) is 171 Å². The molecular formula is C34H68F11N3O7. The first-order valence-corrected chi connectivity index (χ1v) is 16.9. The summed E-state index contributed by atoms with van der Waals surface area (Å²) >= 11 is 0. The van der Waals surface area contributed by atoms with Crippen molar-refractivity contribution in [2.75, 3.05) is 13.2 Å². The van der Waals surface area contributed by atoms with Crippen molar-refractivity contribution in [1.29, 1.82) is 0 Å². The molecule has 0 unspecified atom stereocenters. The van der Waals surface area contributed by atoms with Crippen LogP contribution in [0.3, 0.4) is 0 Å². The maximum Gasteiger partial charge on any atom is 0.429 e. The van der Waals surface area contributed by atoms with Crippen LogP contribution in [0.4, 0.5) is 64.8 Å². The lowest BCUT2D eigenvalue weighted by atomic mass is 9.60. The van der Waals surface area contributed by atoms with Crippen LogP contribution in [0.15, 0.2) is 0 Å². The van der Waals surface area contributed by atoms with Gasteiger partial charge in [-0.15, -0.1) is 0 Å². The summed E-state index contributed by atoms with van der Waals surface area (Å²) in [6.07, 6.45) is 7.73. The molecule has 0 aromatic rings. The molecule has 2 aliphatic rings. The number of carbonyl (C=O) groups is 3. The third kappa shape index (κ3) is 30.9. The molecule has 338 valence electrons. The van der Waals surface area contributed by atoms with Crippen molar-refractivity contribution < 1.29 is 84.1 Å². The van der Waals surface area contributed by atoms with Gasteiger partial charge in [0.05, 0.1) is 6.04 Å². The fourth-order valence-electron chi connectivity index (χ4n) is 6.11. The summed E-state index contributed by atoms with van der Waals surface area (Å²) in [6, 6.07) is -0.0612. The lowest BCUT2D eigenvalue weighted by molar-refractivity contribution is -0.0549. The Morgan fingerprint density at radius 1 is 0.655 bits per heavy atom. The molecule has 0 atom stereocenters. The summed E-state index contributed by atoms with van der Waals surface area (Å²) < 4.78 is 95.9. The molecule has 0 aliphatic heterocycles. The maximum atomic E-state index is 12.6. The van der Waals surface area contributed by atoms with Crippen molar-refractivity contribution in [2.24, 2.45) is 16.7 Å². The quantitative estimate of drug-likeness (QED) is 0.120. The molecule has 0 bridgehead atoms. The number of carbonyl (C=O) groups excluding carboxylic acids is 3. The average Bonchev–Trinajstić information content (AvgIpc) is 3.05. The Labute approximate surface area is 319 Å². The maximum absolute atomic E-state index is 12.6. The molecule has 2 aliphatic carbocycles. The zero-order valence-electron chi connectivity index (χ0n) is 33.5. The minimum Gasteiger partial charge on any atom is -0.444 e. The Morgan fingerprint density at radius 2 is 1.02 bits per heavy atom. The molecule has 3 amide bonds. The highest BCUT2D eigenvalue weighted by Crippen LogP contribution is 2.50. The predicted octanol–water partition coefficient (Wildman–Crippen LogP) is 12.7. The summed E-state index contributed by atoms with van der Waals surface area (Å²) in [7, 11) is 0. The van der Waals surface area contributed by atoms with Gasteiger partial charge in [-0.1, -0.05) is 47.5 Å². The van der Waals surface area contributed by atoms with E-state index in [-0.39, 0.29) is 41.7 Å². The molecule has 2 rings (SSSR count). The number of ether oxygens (including phenoxy) is 3. The number of hydrogen-bond donors (Lipinski definition) is 3. The number of hydrogen-bond acceptors (Lipinski definition) is 7. The van der Waals surface area contributed by atoms with E-state index in [1.807, 2.05) is 41.5 Å². The van der Waals surface area contributed by atoms with Crippen molar-refractivity contribution in [3.8, 4) is 0 Å². The number of halogens is 11. The Morgan fingerprint density at radius 3 is 1.35 bits per heavy atom. The fourth-order valence-corrected chi connectivity index (χ4v) is 6.11. The van der Waals surface area contributed by atoms with Crippen LogP contribution in [-0.2, 0) is 14.2 Å². The molecule has 2 saturated carbocycles. The van der Waals surface area contributed by atoms with Gasteiger partial charge in [0.1, 0.15) is 16.8 Å². The minimum atomic E-state index is -0.636. The lowest BCUT2D eigenvalue weighted by Crippen LogP contribution is -2.60. The number of aliphatic hydroxyl groups is 1. The van der Waals surface area contributed by atoms with Gasteiger partial charge >= 0.3 is 18.3 Å². The molecule has 0 spiro atoms. The fraction of sp³-hybridized carbons (Fsp3) is 0.912. The highest BCUT2D eigenvalue weighted by Gasteiger charge is 2.48. The SMILES string of the molecule is C.CCCC1(CC)CC(N(NC(=O)OC(C)(C)C)C(=O)OC(C)(C)C)C1.CCCC1(CO)CC(CNC(=O)OC(C)(C)C)C1.F.FF.FF.FF.FF.FF. The summed E-state index contributed by atoms with van der Waals surface area (Å²) in [5.74, 6) is 0.483. The number of alkyl carbamates (subject to hydrolysis) is 1. The number of nitrogens with one attached hydrogen (secondary N) is 2. The Bertz CT molecular complexity index is 930. The van der Waals surface area contributed by atoms with Gasteiger partial charge in [0.15, 0.2) is 0 Å². The molecule has 0 aromatic heterocycles. The van der Waals surface area contributed by atoms with Gasteiger partial charge < -0.3 is 24.6 Å². The topological polar surface area (TPSA) is 126 Å². The van der Waals surface area contributed by atoms with E-state index in [0.717, 1.165) is 57.8 Å². The van der Waals surface area contributed by atoms with Gasteiger partial charge in [-0.2, -0.15) is 0 Å². The van der Waals surface area contributed by atoms with Crippen LogP contribution < -0.4 is 10.7 Å². The molecule has 10 nitrogen and oxygen atoms in total. The van der Waals surface area contributed by atoms with Crippen LogP contribution in [0.5, 0.6) is 0 Å². The van der Waals surface area contributed by atoms with Gasteiger partial charge in [-0.3, -0.25) is 4.70 Å². The first kappa shape index (κ1) is 66.8. The first-order valence-electron chi connectivity index (χ1n) is 16.9. The zero-order chi connectivity index (χ0) is 43.3. The van der Waals surface area contributed by atoms with Crippen LogP contribution in [0.2, 0.25) is 0 Å². The number of rotatable bonds is 9. The molecule has 3 N–H and O–H groups in total. The highest BCUT2D eigenvalue weighted by molar-refractivity contribution is 5.75. The van der Waals surface area contributed by atoms with Crippen molar-refractivity contribution in [3.63, 3.8) is 0 Å². The molecule has 0 heterocycles. The summed E-state index contributed by atoms with van der Waals surface area (Å²) in [5, 5.41) is 13.5. The number of amides is 3. The predicted molar refractivity (Wildman–Crippen MR) is 190 cm³/mol. The normalized spacial score (nSPS) is 20.2. The van der Waals surface area contributed by atoms with Crippen molar-refractivity contribution >= 4 is 18.3 Å². The Balaban J connectivity index is -0.000000136. The Kier molecular flexibility index (Phi) is 41.6. The van der Waals surface area contributed by atoms with Gasteiger partial charge in [0.25, 0.3) is 0 Å². The van der Waals surface area contributed by atoms with Crippen LogP contribution >= 0.6 is 0 Å². The van der Waals surface area contributed by atoms with Gasteiger partial charge in [0.2, 0.25) is 0 Å². The molecule has 2 fully saturated rings. The minimum absolute atomic E-state index is 0. The molecule has 55 heavy (non-hydrogen) atoms. The van der Waals surface area contributed by atoms with E-state index >= 15 is 0 Å². The van der Waals surface area contributed by atoms with Crippen LogP contribution in [0.1, 0.15) is 148 Å². The zero-order valence-corrected chi connectivity index (χ0v) is 33.5. The number of nitrogens with zero attached hydrogens (tertiary/aromatic N) is 1. The summed E-state index contributed by atoms with van der Waals surface area (Å²) in [5.41, 5.74) is 1.28. The Hall–Kier alpha value is -3.00. The van der Waals surface area contributed by atoms with E-state index in [0.29, 0.717) is 12.5 Å². The first-order chi connectivity index (χ1) is 24.6. The van der Waals surface area contributed by atoms with E-state index in [1.54, 1.807) is 20.8 Å². The standard InChI is InChI=1S/C19H36N2O4.C14H27NO3.CH4.5F2.FH/c1-9-11-19(10-2)12-14(13-19)21(16(23)25-18(6,7)8)20-15(22)24-17(3,4)5;1-5-6-14(10-16)7-11(8-14)9-15-12(17)18-13(2,3)4;;5*1-2;/h14H,9-13H2,1-8H3,(H,20,22);11,16H,5-10H2,1-4H3,(H,15,17);1H4;;;;;;1H. The van der Waals surface area contributed by atoms with Gasteiger partial charge in [-0.25, -0.2) is 24.8 Å². The monoisotopic (exact) mass is 839 g/mol. The van der Waals surface area contributed by atoms with E-state index < -0.39 is 29.0 Å². The molecule has 0 radical (unpaired) electrons. The number of aliphatic hydroxyl groups excluding tert-OH is 1. The molecule has 21 heteroatoms.